The maximum Gasteiger partial charge on any atom is 0.407 e. The van der Waals surface area contributed by atoms with Gasteiger partial charge in [0.1, 0.15) is 17.2 Å². The lowest BCUT2D eigenvalue weighted by Gasteiger charge is -2.23. The van der Waals surface area contributed by atoms with Gasteiger partial charge in [-0.25, -0.2) is 9.78 Å². The fraction of sp³-hybridized carbons (Fsp3) is 0.556. The predicted octanol–water partition coefficient (Wildman–Crippen LogP) is 2.60. The molecule has 146 valence electrons. The number of ether oxygens (including phenoxy) is 1. The number of aromatic nitrogens is 4. The second kappa shape index (κ2) is 7.42. The Kier molecular flexibility index (Phi) is 5.20. The van der Waals surface area contributed by atoms with Gasteiger partial charge in [0.25, 0.3) is 0 Å². The molecule has 1 saturated heterocycles. The van der Waals surface area contributed by atoms with Crippen molar-refractivity contribution in [2.45, 2.75) is 46.3 Å². The molecule has 1 aliphatic rings. The normalized spacial score (nSPS) is 19.8. The molecule has 2 atom stereocenters. The van der Waals surface area contributed by atoms with Gasteiger partial charge in [-0.2, -0.15) is 10.1 Å². The summed E-state index contributed by atoms with van der Waals surface area (Å²) in [6, 6.07) is 3.68. The molecule has 0 aromatic carbocycles. The van der Waals surface area contributed by atoms with Crippen LogP contribution in [0.25, 0.3) is 0 Å². The van der Waals surface area contributed by atoms with Crippen molar-refractivity contribution in [3.05, 3.63) is 24.0 Å². The smallest absolute Gasteiger partial charge is 0.407 e. The van der Waals surface area contributed by atoms with Gasteiger partial charge >= 0.3 is 6.09 Å². The van der Waals surface area contributed by atoms with E-state index in [4.69, 9.17) is 4.74 Å². The molecular weight excluding hydrogens is 346 g/mol. The third-order valence-electron chi connectivity index (χ3n) is 4.20. The molecule has 9 heteroatoms. The number of alkyl carbamates (subject to hydrolysis) is 1. The Morgan fingerprint density at radius 3 is 2.78 bits per heavy atom. The van der Waals surface area contributed by atoms with Crippen LogP contribution >= 0.6 is 0 Å². The van der Waals surface area contributed by atoms with Crippen LogP contribution in [0.1, 0.15) is 33.4 Å². The molecule has 3 heterocycles. The number of nitrogens with one attached hydrogen (secondary N) is 3. The third kappa shape index (κ3) is 5.08. The highest BCUT2D eigenvalue weighted by Crippen LogP contribution is 2.24. The zero-order valence-electron chi connectivity index (χ0n) is 16.4. The first kappa shape index (κ1) is 18.9. The number of nitrogens with zero attached hydrogens (tertiary/aromatic N) is 4. The highest BCUT2D eigenvalue weighted by Gasteiger charge is 2.33. The van der Waals surface area contributed by atoms with Crippen molar-refractivity contribution in [1.82, 2.24) is 25.5 Å². The standard InChI is InChI=1S/C18H27N7O2/c1-11-9-25(10-13(11)21-17(26)27-18(3,4)5)16-20-12(2)8-15(23-16)22-14-6-7-19-24-14/h6-8,11,13H,9-10H2,1-5H3,(H,21,26)(H2,19,20,22,23,24)/t11-,13+/m1/s1. The average Bonchev–Trinajstić information content (AvgIpc) is 3.15. The number of aryl methyl sites for hydroxylation is 1. The van der Waals surface area contributed by atoms with E-state index < -0.39 is 11.7 Å². The summed E-state index contributed by atoms with van der Waals surface area (Å²) >= 11 is 0. The Balaban J connectivity index is 1.68. The van der Waals surface area contributed by atoms with Crippen LogP contribution in [-0.2, 0) is 4.74 Å². The quantitative estimate of drug-likeness (QED) is 0.756. The minimum atomic E-state index is -0.515. The molecule has 0 unspecified atom stereocenters. The van der Waals surface area contributed by atoms with Crippen LogP contribution in [0.3, 0.4) is 0 Å². The van der Waals surface area contributed by atoms with Gasteiger partial charge in [-0.3, -0.25) is 5.10 Å². The summed E-state index contributed by atoms with van der Waals surface area (Å²) in [6.07, 6.45) is 1.28. The van der Waals surface area contributed by atoms with Crippen molar-refractivity contribution in [2.24, 2.45) is 5.92 Å². The number of hydrogen-bond acceptors (Lipinski definition) is 7. The topological polar surface area (TPSA) is 108 Å². The van der Waals surface area contributed by atoms with E-state index >= 15 is 0 Å². The average molecular weight is 373 g/mol. The van der Waals surface area contributed by atoms with E-state index in [9.17, 15) is 4.79 Å². The van der Waals surface area contributed by atoms with Crippen molar-refractivity contribution in [3.8, 4) is 0 Å². The number of H-pyrrole nitrogens is 1. The number of carbonyl (C=O) groups is 1. The number of aromatic amines is 1. The molecule has 1 amide bonds. The van der Waals surface area contributed by atoms with E-state index in [1.807, 2.05) is 39.8 Å². The predicted molar refractivity (Wildman–Crippen MR) is 103 cm³/mol. The summed E-state index contributed by atoms with van der Waals surface area (Å²) in [6.45, 7) is 11.0. The van der Waals surface area contributed by atoms with Gasteiger partial charge in [0.2, 0.25) is 5.95 Å². The molecule has 0 spiro atoms. The van der Waals surface area contributed by atoms with Crippen LogP contribution in [0.4, 0.5) is 22.4 Å². The lowest BCUT2D eigenvalue weighted by molar-refractivity contribution is 0.0499. The van der Waals surface area contributed by atoms with E-state index in [0.29, 0.717) is 18.3 Å². The summed E-state index contributed by atoms with van der Waals surface area (Å²) in [7, 11) is 0. The number of amides is 1. The van der Waals surface area contributed by atoms with E-state index in [2.05, 4.69) is 42.6 Å². The maximum atomic E-state index is 12.1. The van der Waals surface area contributed by atoms with Crippen molar-refractivity contribution in [2.75, 3.05) is 23.3 Å². The van der Waals surface area contributed by atoms with E-state index in [1.165, 1.54) is 0 Å². The molecule has 3 N–H and O–H groups in total. The molecule has 0 aliphatic carbocycles. The Bertz CT molecular complexity index is 786. The summed E-state index contributed by atoms with van der Waals surface area (Å²) in [5.74, 6) is 2.35. The minimum absolute atomic E-state index is 0.0204. The molecular formula is C18H27N7O2. The van der Waals surface area contributed by atoms with E-state index in [-0.39, 0.29) is 12.0 Å². The summed E-state index contributed by atoms with van der Waals surface area (Å²) in [4.78, 5) is 23.3. The Morgan fingerprint density at radius 1 is 1.33 bits per heavy atom. The fourth-order valence-electron chi connectivity index (χ4n) is 3.00. The van der Waals surface area contributed by atoms with Crippen molar-refractivity contribution < 1.29 is 9.53 Å². The number of rotatable bonds is 4. The van der Waals surface area contributed by atoms with Gasteiger partial charge in [0, 0.05) is 30.9 Å². The van der Waals surface area contributed by atoms with Gasteiger partial charge in [0.05, 0.1) is 12.2 Å². The zero-order chi connectivity index (χ0) is 19.6. The molecule has 9 nitrogen and oxygen atoms in total. The van der Waals surface area contributed by atoms with E-state index in [0.717, 1.165) is 18.1 Å². The Hall–Kier alpha value is -2.84. The second-order valence-electron chi connectivity index (χ2n) is 7.92. The molecule has 0 saturated carbocycles. The van der Waals surface area contributed by atoms with Gasteiger partial charge in [-0.15, -0.1) is 0 Å². The molecule has 2 aromatic heterocycles. The Morgan fingerprint density at radius 2 is 2.11 bits per heavy atom. The molecule has 1 fully saturated rings. The molecule has 2 aromatic rings. The first-order chi connectivity index (χ1) is 12.7. The lowest BCUT2D eigenvalue weighted by Crippen LogP contribution is -2.42. The first-order valence-electron chi connectivity index (χ1n) is 9.06. The highest BCUT2D eigenvalue weighted by molar-refractivity contribution is 5.68. The van der Waals surface area contributed by atoms with Crippen LogP contribution in [-0.4, -0.2) is 51.0 Å². The number of anilines is 3. The van der Waals surface area contributed by atoms with Crippen LogP contribution in [0.2, 0.25) is 0 Å². The van der Waals surface area contributed by atoms with Crippen LogP contribution in [0.15, 0.2) is 18.3 Å². The van der Waals surface area contributed by atoms with Crippen LogP contribution < -0.4 is 15.5 Å². The van der Waals surface area contributed by atoms with Crippen molar-refractivity contribution in [3.63, 3.8) is 0 Å². The summed E-state index contributed by atoms with van der Waals surface area (Å²) < 4.78 is 5.37. The Labute approximate surface area is 158 Å². The first-order valence-corrected chi connectivity index (χ1v) is 9.06. The lowest BCUT2D eigenvalue weighted by atomic mass is 10.1. The molecule has 1 aliphatic heterocycles. The van der Waals surface area contributed by atoms with E-state index in [1.54, 1.807) is 6.20 Å². The van der Waals surface area contributed by atoms with Gasteiger partial charge < -0.3 is 20.3 Å². The molecule has 3 rings (SSSR count). The van der Waals surface area contributed by atoms with Gasteiger partial charge in [-0.1, -0.05) is 6.92 Å². The monoisotopic (exact) mass is 373 g/mol. The van der Waals surface area contributed by atoms with Gasteiger partial charge in [0.15, 0.2) is 0 Å². The number of carbonyl (C=O) groups excluding carboxylic acids is 1. The largest absolute Gasteiger partial charge is 0.444 e. The zero-order valence-corrected chi connectivity index (χ0v) is 16.4. The van der Waals surface area contributed by atoms with Crippen LogP contribution in [0.5, 0.6) is 0 Å². The highest BCUT2D eigenvalue weighted by atomic mass is 16.6. The minimum Gasteiger partial charge on any atom is -0.444 e. The second-order valence-corrected chi connectivity index (χ2v) is 7.92. The summed E-state index contributed by atoms with van der Waals surface area (Å²) in [5.41, 5.74) is 0.344. The summed E-state index contributed by atoms with van der Waals surface area (Å²) in [5, 5.41) is 12.9. The van der Waals surface area contributed by atoms with Gasteiger partial charge in [-0.05, 0) is 33.6 Å². The SMILES string of the molecule is Cc1cc(Nc2ccn[nH]2)nc(N2C[C@@H](C)[C@@H](NC(=O)OC(C)(C)C)C2)n1. The third-order valence-corrected chi connectivity index (χ3v) is 4.20. The molecule has 27 heavy (non-hydrogen) atoms. The number of hydrogen-bond donors (Lipinski definition) is 3. The fourth-order valence-corrected chi connectivity index (χ4v) is 3.00. The van der Waals surface area contributed by atoms with Crippen LogP contribution in [0, 0.1) is 12.8 Å². The van der Waals surface area contributed by atoms with Crippen molar-refractivity contribution >= 4 is 23.7 Å². The molecule has 0 radical (unpaired) electrons. The maximum absolute atomic E-state index is 12.1. The van der Waals surface area contributed by atoms with Crippen molar-refractivity contribution in [1.29, 1.82) is 0 Å². The molecule has 0 bridgehead atoms.